The van der Waals surface area contributed by atoms with E-state index in [0.717, 1.165) is 4.47 Å². The van der Waals surface area contributed by atoms with Gasteiger partial charge in [0.25, 0.3) is 5.91 Å². The summed E-state index contributed by atoms with van der Waals surface area (Å²) in [6.45, 7) is 4.73. The molecule has 1 N–H and O–H groups in total. The van der Waals surface area contributed by atoms with Gasteiger partial charge < -0.3 is 14.2 Å². The van der Waals surface area contributed by atoms with Crippen LogP contribution in [0, 0.1) is 5.82 Å². The number of benzene rings is 3. The van der Waals surface area contributed by atoms with Crippen LogP contribution in [0.15, 0.2) is 70.2 Å². The monoisotopic (exact) mass is 514 g/mol. The number of nitrogens with zero attached hydrogens (tertiary/aromatic N) is 1. The van der Waals surface area contributed by atoms with E-state index in [1.807, 2.05) is 19.9 Å². The topological polar surface area (TPSA) is 69.2 Å². The molecule has 33 heavy (non-hydrogen) atoms. The van der Waals surface area contributed by atoms with Crippen molar-refractivity contribution in [3.8, 4) is 17.2 Å². The molecule has 3 aromatic carbocycles. The number of hydrogen-bond acceptors (Lipinski definition) is 5. The summed E-state index contributed by atoms with van der Waals surface area (Å²) in [5.74, 6) is 0.828. The number of hydrazone groups is 1. The Bertz CT molecular complexity index is 1140. The highest BCUT2D eigenvalue weighted by atomic mass is 79.9. The zero-order valence-electron chi connectivity index (χ0n) is 18.3. The van der Waals surface area contributed by atoms with Crippen LogP contribution >= 0.6 is 15.9 Å². The Morgan fingerprint density at radius 3 is 2.45 bits per heavy atom. The zero-order valence-corrected chi connectivity index (χ0v) is 19.9. The van der Waals surface area contributed by atoms with E-state index in [1.165, 1.54) is 12.3 Å². The Morgan fingerprint density at radius 1 is 0.970 bits per heavy atom. The Morgan fingerprint density at radius 2 is 1.70 bits per heavy atom. The van der Waals surface area contributed by atoms with E-state index >= 15 is 0 Å². The van der Waals surface area contributed by atoms with E-state index in [2.05, 4.69) is 26.5 Å². The predicted molar refractivity (Wildman–Crippen MR) is 129 cm³/mol. The van der Waals surface area contributed by atoms with Gasteiger partial charge in [-0.05, 0) is 56.3 Å². The van der Waals surface area contributed by atoms with E-state index in [-0.39, 0.29) is 12.4 Å². The van der Waals surface area contributed by atoms with E-state index in [4.69, 9.17) is 14.2 Å². The van der Waals surface area contributed by atoms with Gasteiger partial charge in [0.05, 0.1) is 19.4 Å². The van der Waals surface area contributed by atoms with Crippen molar-refractivity contribution in [1.29, 1.82) is 0 Å². The Hall–Kier alpha value is -3.39. The third-order valence-corrected chi connectivity index (χ3v) is 4.98. The molecule has 3 rings (SSSR count). The van der Waals surface area contributed by atoms with Crippen LogP contribution in [-0.4, -0.2) is 25.3 Å². The molecule has 0 unspecified atom stereocenters. The quantitative estimate of drug-likeness (QED) is 0.277. The van der Waals surface area contributed by atoms with E-state index in [1.54, 1.807) is 48.5 Å². The minimum Gasteiger partial charge on any atom is -0.490 e. The molecule has 1 amide bonds. The Balaban J connectivity index is 1.70. The molecule has 172 valence electrons. The molecule has 0 heterocycles. The molecular formula is C25H24BrFN2O4. The second-order valence-corrected chi connectivity index (χ2v) is 7.70. The number of rotatable bonds is 10. The maximum Gasteiger partial charge on any atom is 0.271 e. The van der Waals surface area contributed by atoms with Crippen molar-refractivity contribution >= 4 is 28.1 Å². The molecule has 0 saturated heterocycles. The van der Waals surface area contributed by atoms with Gasteiger partial charge in [0.2, 0.25) is 0 Å². The molecule has 0 aromatic heterocycles. The number of carbonyl (C=O) groups excluding carboxylic acids is 1. The summed E-state index contributed by atoms with van der Waals surface area (Å²) >= 11 is 3.41. The first-order chi connectivity index (χ1) is 16.0. The molecule has 0 bridgehead atoms. The van der Waals surface area contributed by atoms with Gasteiger partial charge >= 0.3 is 0 Å². The van der Waals surface area contributed by atoms with Gasteiger partial charge in [-0.1, -0.05) is 34.1 Å². The van der Waals surface area contributed by atoms with Crippen LogP contribution in [0.25, 0.3) is 0 Å². The summed E-state index contributed by atoms with van der Waals surface area (Å²) in [6.07, 6.45) is 1.47. The molecule has 0 aliphatic carbocycles. The van der Waals surface area contributed by atoms with Crippen LogP contribution in [0.2, 0.25) is 0 Å². The summed E-state index contributed by atoms with van der Waals surface area (Å²) in [5.41, 5.74) is 3.94. The molecule has 3 aromatic rings. The fourth-order valence-corrected chi connectivity index (χ4v) is 3.32. The molecule has 0 spiro atoms. The van der Waals surface area contributed by atoms with Crippen LogP contribution in [0.3, 0.4) is 0 Å². The van der Waals surface area contributed by atoms with Gasteiger partial charge in [0, 0.05) is 21.2 Å². The highest BCUT2D eigenvalue weighted by Crippen LogP contribution is 2.28. The molecule has 0 aliphatic heterocycles. The number of amides is 1. The summed E-state index contributed by atoms with van der Waals surface area (Å²) in [7, 11) is 0. The molecule has 0 atom stereocenters. The van der Waals surface area contributed by atoms with Crippen LogP contribution < -0.4 is 19.6 Å². The van der Waals surface area contributed by atoms with Crippen molar-refractivity contribution in [2.75, 3.05) is 13.2 Å². The fraction of sp³-hybridized carbons (Fsp3) is 0.200. The largest absolute Gasteiger partial charge is 0.490 e. The molecule has 0 fully saturated rings. The predicted octanol–water partition coefficient (Wildman–Crippen LogP) is 5.73. The Labute approximate surface area is 200 Å². The lowest BCUT2D eigenvalue weighted by Crippen LogP contribution is -2.18. The highest BCUT2D eigenvalue weighted by Gasteiger charge is 2.11. The maximum absolute atomic E-state index is 13.9. The summed E-state index contributed by atoms with van der Waals surface area (Å²) in [5, 5.41) is 4.06. The molecule has 6 nitrogen and oxygen atoms in total. The number of nitrogens with one attached hydrogen (secondary N) is 1. The average molecular weight is 515 g/mol. The van der Waals surface area contributed by atoms with Gasteiger partial charge in [-0.25, -0.2) is 9.82 Å². The normalized spacial score (nSPS) is 10.8. The number of ether oxygens (including phenoxy) is 3. The smallest absolute Gasteiger partial charge is 0.271 e. The lowest BCUT2D eigenvalue weighted by atomic mass is 10.2. The number of hydrogen-bond donors (Lipinski definition) is 1. The van der Waals surface area contributed by atoms with Crippen molar-refractivity contribution in [3.05, 3.63) is 87.6 Å². The van der Waals surface area contributed by atoms with Crippen LogP contribution in [0.5, 0.6) is 17.2 Å². The minimum absolute atomic E-state index is 0.0634. The third-order valence-electron chi connectivity index (χ3n) is 4.49. The summed E-state index contributed by atoms with van der Waals surface area (Å²) in [4.78, 5) is 12.6. The fourth-order valence-electron chi connectivity index (χ4n) is 2.94. The van der Waals surface area contributed by atoms with Gasteiger partial charge in [0.15, 0.2) is 11.5 Å². The van der Waals surface area contributed by atoms with Crippen molar-refractivity contribution in [1.82, 2.24) is 5.43 Å². The maximum atomic E-state index is 13.9. The SMILES string of the molecule is CCOc1ccc(C(=O)N/N=C/c2cc(Br)ccc2OCc2ccccc2F)cc1OCC. The third kappa shape index (κ3) is 6.79. The first-order valence-corrected chi connectivity index (χ1v) is 11.2. The summed E-state index contributed by atoms with van der Waals surface area (Å²) in [6, 6.07) is 16.7. The minimum atomic E-state index is -0.404. The van der Waals surface area contributed by atoms with Gasteiger partial charge in [-0.3, -0.25) is 4.79 Å². The molecule has 0 saturated carbocycles. The summed E-state index contributed by atoms with van der Waals surface area (Å²) < 4.78 is 31.6. The first-order valence-electron chi connectivity index (χ1n) is 10.4. The van der Waals surface area contributed by atoms with Crippen LogP contribution in [0.4, 0.5) is 4.39 Å². The lowest BCUT2D eigenvalue weighted by Gasteiger charge is -2.12. The Kier molecular flexibility index (Phi) is 8.83. The van der Waals surface area contributed by atoms with Crippen LogP contribution in [0.1, 0.15) is 35.3 Å². The van der Waals surface area contributed by atoms with Gasteiger partial charge in [-0.2, -0.15) is 5.10 Å². The van der Waals surface area contributed by atoms with Crippen molar-refractivity contribution in [3.63, 3.8) is 0 Å². The second kappa shape index (κ2) is 12.0. The number of halogens is 2. The van der Waals surface area contributed by atoms with E-state index < -0.39 is 5.91 Å². The van der Waals surface area contributed by atoms with Crippen LogP contribution in [-0.2, 0) is 6.61 Å². The molecule has 0 aliphatic rings. The lowest BCUT2D eigenvalue weighted by molar-refractivity contribution is 0.0954. The van der Waals surface area contributed by atoms with Crippen molar-refractivity contribution in [2.45, 2.75) is 20.5 Å². The van der Waals surface area contributed by atoms with Crippen molar-refractivity contribution in [2.24, 2.45) is 5.10 Å². The van der Waals surface area contributed by atoms with E-state index in [0.29, 0.717) is 47.2 Å². The second-order valence-electron chi connectivity index (χ2n) is 6.79. The van der Waals surface area contributed by atoms with Crippen molar-refractivity contribution < 1.29 is 23.4 Å². The van der Waals surface area contributed by atoms with E-state index in [9.17, 15) is 9.18 Å². The van der Waals surface area contributed by atoms with Gasteiger partial charge in [0.1, 0.15) is 18.2 Å². The molecular weight excluding hydrogens is 491 g/mol. The molecule has 0 radical (unpaired) electrons. The standard InChI is InChI=1S/C25H24BrFN2O4/c1-3-31-23-11-9-17(14-24(23)32-4-2)25(30)29-28-15-19-13-20(26)10-12-22(19)33-16-18-7-5-6-8-21(18)27/h5-15H,3-4,16H2,1-2H3,(H,29,30)/b28-15+. The first kappa shape index (κ1) is 24.3. The molecule has 8 heteroatoms. The highest BCUT2D eigenvalue weighted by molar-refractivity contribution is 9.10. The number of carbonyl (C=O) groups is 1. The van der Waals surface area contributed by atoms with Gasteiger partial charge in [-0.15, -0.1) is 0 Å². The average Bonchev–Trinajstić information content (AvgIpc) is 2.81. The zero-order chi connectivity index (χ0) is 23.6.